The average molecular weight is 577 g/mol. The van der Waals surface area contributed by atoms with Crippen molar-refractivity contribution in [3.8, 4) is 0 Å². The van der Waals surface area contributed by atoms with Crippen LogP contribution in [0.1, 0.15) is 24.6 Å². The number of rotatable bonds is 8. The molecule has 0 spiro atoms. The number of halogens is 1. The third-order valence-corrected chi connectivity index (χ3v) is 9.15. The Balaban J connectivity index is 1.50. The normalized spacial score (nSPS) is 20.5. The van der Waals surface area contributed by atoms with Gasteiger partial charge in [0, 0.05) is 39.0 Å². The van der Waals surface area contributed by atoms with E-state index in [-0.39, 0.29) is 42.7 Å². The smallest absolute Gasteiger partial charge is 0.277 e. The van der Waals surface area contributed by atoms with Gasteiger partial charge in [-0.05, 0) is 56.1 Å². The molecule has 2 aromatic heterocycles. The van der Waals surface area contributed by atoms with Crippen molar-refractivity contribution in [3.63, 3.8) is 0 Å². The summed E-state index contributed by atoms with van der Waals surface area (Å²) in [5.41, 5.74) is 1.72. The fourth-order valence-corrected chi connectivity index (χ4v) is 6.95. The molecule has 2 unspecified atom stereocenters. The number of methoxy groups -OCH3 is 1. The second-order valence-electron chi connectivity index (χ2n) is 10.1. The van der Waals surface area contributed by atoms with Gasteiger partial charge in [0.1, 0.15) is 0 Å². The van der Waals surface area contributed by atoms with Crippen LogP contribution in [0, 0.1) is 5.92 Å². The minimum atomic E-state index is -4.10. The summed E-state index contributed by atoms with van der Waals surface area (Å²) in [6, 6.07) is 5.89. The van der Waals surface area contributed by atoms with E-state index in [0.717, 1.165) is 31.6 Å². The SMILES string of the molecule is COCC1CN(S(=O)(=O)c2nc3ccc(Cl)cc3[nH]2)CC(=O)N1C(c1ccnc(N(C)C)n1)C1CCNCC1. The number of carbonyl (C=O) groups excluding carboxylic acids is 1. The molecule has 1 amide bonds. The highest BCUT2D eigenvalue weighted by molar-refractivity contribution is 7.89. The van der Waals surface area contributed by atoms with Crippen LogP contribution >= 0.6 is 11.6 Å². The zero-order valence-corrected chi connectivity index (χ0v) is 23.7. The van der Waals surface area contributed by atoms with Gasteiger partial charge in [0.15, 0.2) is 0 Å². The zero-order valence-electron chi connectivity index (χ0n) is 22.2. The fourth-order valence-electron chi connectivity index (χ4n) is 5.43. The summed E-state index contributed by atoms with van der Waals surface area (Å²) in [7, 11) is 1.19. The molecule has 0 aliphatic carbocycles. The molecule has 3 aromatic rings. The molecular weight excluding hydrogens is 544 g/mol. The standard InChI is InChI=1S/C25H33ClN8O4S/c1-32(2)24-28-11-8-20(29-24)23(16-6-9-27-10-7-16)34-18(15-38-3)13-33(14-22(34)35)39(36,37)25-30-19-5-4-17(26)12-21(19)31-25/h4-5,8,11-12,16,18,23,27H,6-7,9-10,13-15H2,1-3H3,(H,30,31). The summed E-state index contributed by atoms with van der Waals surface area (Å²) >= 11 is 6.06. The zero-order chi connectivity index (χ0) is 27.7. The molecule has 210 valence electrons. The molecule has 0 radical (unpaired) electrons. The van der Waals surface area contributed by atoms with Crippen molar-refractivity contribution in [2.24, 2.45) is 5.92 Å². The fraction of sp³-hybridized carbons (Fsp3) is 0.520. The van der Waals surface area contributed by atoms with Crippen LogP contribution in [0.2, 0.25) is 5.02 Å². The maximum absolute atomic E-state index is 13.9. The first-order valence-electron chi connectivity index (χ1n) is 12.9. The van der Waals surface area contributed by atoms with Crippen molar-refractivity contribution in [2.75, 3.05) is 58.9 Å². The van der Waals surface area contributed by atoms with E-state index in [2.05, 4.69) is 20.3 Å². The molecule has 39 heavy (non-hydrogen) atoms. The van der Waals surface area contributed by atoms with E-state index in [1.54, 1.807) is 36.4 Å². The minimum absolute atomic E-state index is 0.0623. The maximum atomic E-state index is 13.9. The second-order valence-corrected chi connectivity index (χ2v) is 12.4. The number of nitrogens with one attached hydrogen (secondary N) is 2. The number of carbonyl (C=O) groups is 1. The highest BCUT2D eigenvalue weighted by atomic mass is 35.5. The Morgan fingerprint density at radius 2 is 1.97 bits per heavy atom. The van der Waals surface area contributed by atoms with Gasteiger partial charge in [-0.15, -0.1) is 0 Å². The number of ether oxygens (including phenoxy) is 1. The number of amides is 1. The number of aromatic nitrogens is 4. The van der Waals surface area contributed by atoms with Gasteiger partial charge in [-0.1, -0.05) is 11.6 Å². The maximum Gasteiger partial charge on any atom is 0.277 e. The molecule has 0 saturated carbocycles. The van der Waals surface area contributed by atoms with E-state index in [1.165, 1.54) is 4.31 Å². The van der Waals surface area contributed by atoms with Gasteiger partial charge in [0.2, 0.25) is 17.0 Å². The first kappa shape index (κ1) is 27.7. The van der Waals surface area contributed by atoms with Gasteiger partial charge in [-0.2, -0.15) is 4.31 Å². The minimum Gasteiger partial charge on any atom is -0.382 e. The Hall–Kier alpha value is -2.84. The van der Waals surface area contributed by atoms with E-state index >= 15 is 0 Å². The number of aromatic amines is 1. The predicted octanol–water partition coefficient (Wildman–Crippen LogP) is 1.66. The Labute approximate surface area is 232 Å². The van der Waals surface area contributed by atoms with Gasteiger partial charge in [0.05, 0.1) is 42.0 Å². The number of imidazole rings is 1. The van der Waals surface area contributed by atoms with Crippen LogP contribution in [0.3, 0.4) is 0 Å². The number of piperidine rings is 1. The molecule has 2 fully saturated rings. The van der Waals surface area contributed by atoms with Crippen LogP contribution < -0.4 is 10.2 Å². The Bertz CT molecular complexity index is 1440. The highest BCUT2D eigenvalue weighted by Gasteiger charge is 2.45. The number of piperazine rings is 1. The summed E-state index contributed by atoms with van der Waals surface area (Å²) in [4.78, 5) is 33.8. The number of sulfonamides is 1. The van der Waals surface area contributed by atoms with E-state index in [4.69, 9.17) is 21.3 Å². The summed E-state index contributed by atoms with van der Waals surface area (Å²) < 4.78 is 34.0. The molecule has 4 heterocycles. The number of H-pyrrole nitrogens is 1. The monoisotopic (exact) mass is 576 g/mol. The summed E-state index contributed by atoms with van der Waals surface area (Å²) in [6.45, 7) is 1.58. The number of hydrogen-bond acceptors (Lipinski definition) is 9. The summed E-state index contributed by atoms with van der Waals surface area (Å²) in [5, 5.41) is 3.62. The molecule has 2 aliphatic rings. The molecule has 14 heteroatoms. The third-order valence-electron chi connectivity index (χ3n) is 7.27. The van der Waals surface area contributed by atoms with Crippen molar-refractivity contribution >= 4 is 44.5 Å². The number of fused-ring (bicyclic) bond motifs is 1. The first-order valence-corrected chi connectivity index (χ1v) is 14.7. The van der Waals surface area contributed by atoms with Crippen LogP contribution in [-0.2, 0) is 19.6 Å². The lowest BCUT2D eigenvalue weighted by molar-refractivity contribution is -0.145. The lowest BCUT2D eigenvalue weighted by Gasteiger charge is -2.47. The van der Waals surface area contributed by atoms with Crippen LogP contribution in [0.4, 0.5) is 5.95 Å². The first-order chi connectivity index (χ1) is 18.7. The van der Waals surface area contributed by atoms with Gasteiger partial charge in [0.25, 0.3) is 10.0 Å². The van der Waals surface area contributed by atoms with Gasteiger partial charge < -0.3 is 24.8 Å². The second kappa shape index (κ2) is 11.3. The van der Waals surface area contributed by atoms with Gasteiger partial charge in [-0.25, -0.2) is 23.4 Å². The third kappa shape index (κ3) is 5.59. The molecule has 0 bridgehead atoms. The van der Waals surface area contributed by atoms with Crippen molar-refractivity contribution < 1.29 is 17.9 Å². The molecule has 12 nitrogen and oxygen atoms in total. The van der Waals surface area contributed by atoms with Crippen LogP contribution in [-0.4, -0.2) is 103 Å². The Morgan fingerprint density at radius 3 is 2.69 bits per heavy atom. The summed E-state index contributed by atoms with van der Waals surface area (Å²) in [5.74, 6) is 0.385. The van der Waals surface area contributed by atoms with E-state index in [9.17, 15) is 13.2 Å². The van der Waals surface area contributed by atoms with Crippen LogP contribution in [0.15, 0.2) is 35.6 Å². The molecule has 2 N–H and O–H groups in total. The van der Waals surface area contributed by atoms with Crippen LogP contribution in [0.25, 0.3) is 11.0 Å². The van der Waals surface area contributed by atoms with E-state index in [1.807, 2.05) is 25.1 Å². The van der Waals surface area contributed by atoms with Crippen molar-refractivity contribution in [3.05, 3.63) is 41.2 Å². The lowest BCUT2D eigenvalue weighted by atomic mass is 9.85. The van der Waals surface area contributed by atoms with Gasteiger partial charge in [-0.3, -0.25) is 4.79 Å². The Morgan fingerprint density at radius 1 is 1.21 bits per heavy atom. The molecule has 5 rings (SSSR count). The summed E-state index contributed by atoms with van der Waals surface area (Å²) in [6.07, 6.45) is 3.42. The molecular formula is C25H33ClN8O4S. The highest BCUT2D eigenvalue weighted by Crippen LogP contribution is 2.37. The molecule has 2 saturated heterocycles. The lowest BCUT2D eigenvalue weighted by Crippen LogP contribution is -2.61. The van der Waals surface area contributed by atoms with Gasteiger partial charge >= 0.3 is 0 Å². The largest absolute Gasteiger partial charge is 0.382 e. The van der Waals surface area contributed by atoms with Crippen molar-refractivity contribution in [1.29, 1.82) is 0 Å². The number of benzene rings is 1. The molecule has 2 atom stereocenters. The predicted molar refractivity (Wildman–Crippen MR) is 147 cm³/mol. The van der Waals surface area contributed by atoms with E-state index < -0.39 is 16.1 Å². The molecule has 2 aliphatic heterocycles. The number of anilines is 1. The number of nitrogens with zero attached hydrogens (tertiary/aromatic N) is 6. The average Bonchev–Trinajstić information content (AvgIpc) is 3.35. The molecule has 1 aromatic carbocycles. The Kier molecular flexibility index (Phi) is 8.06. The topological polar surface area (TPSA) is 137 Å². The van der Waals surface area contributed by atoms with E-state index in [0.29, 0.717) is 22.0 Å². The quantitative estimate of drug-likeness (QED) is 0.410. The number of hydrogen-bond donors (Lipinski definition) is 2. The van der Waals surface area contributed by atoms with Crippen molar-refractivity contribution in [2.45, 2.75) is 30.1 Å². The van der Waals surface area contributed by atoms with Crippen molar-refractivity contribution in [1.82, 2.24) is 34.5 Å². The van der Waals surface area contributed by atoms with Crippen LogP contribution in [0.5, 0.6) is 0 Å².